The molecule has 0 N–H and O–H groups in total. The molecule has 1 heterocycles. The first kappa shape index (κ1) is 14.3. The molecular formula is C17H19NO2. The summed E-state index contributed by atoms with van der Waals surface area (Å²) < 4.78 is 5.54. The summed E-state index contributed by atoms with van der Waals surface area (Å²) in [6.07, 6.45) is 3.24. The van der Waals surface area contributed by atoms with Crippen molar-refractivity contribution in [2.75, 3.05) is 0 Å². The molecule has 2 rings (SSSR count). The number of aromatic nitrogens is 1. The maximum Gasteiger partial charge on any atom is 0.357 e. The van der Waals surface area contributed by atoms with Crippen molar-refractivity contribution in [2.24, 2.45) is 0 Å². The maximum absolute atomic E-state index is 12.0. The van der Waals surface area contributed by atoms with Gasteiger partial charge in [-0.15, -0.1) is 0 Å². The summed E-state index contributed by atoms with van der Waals surface area (Å²) in [7, 11) is 0. The van der Waals surface area contributed by atoms with Crippen LogP contribution in [0.1, 0.15) is 36.3 Å². The van der Waals surface area contributed by atoms with Crippen molar-refractivity contribution in [1.29, 1.82) is 0 Å². The van der Waals surface area contributed by atoms with Crippen molar-refractivity contribution in [3.8, 4) is 0 Å². The van der Waals surface area contributed by atoms with E-state index in [9.17, 15) is 4.79 Å². The van der Waals surface area contributed by atoms with E-state index in [1.165, 1.54) is 5.56 Å². The second-order valence-electron chi connectivity index (χ2n) is 5.35. The highest BCUT2D eigenvalue weighted by atomic mass is 16.6. The highest BCUT2D eigenvalue weighted by Gasteiger charge is 2.24. The van der Waals surface area contributed by atoms with Crippen LogP contribution in [-0.4, -0.2) is 16.6 Å². The molecule has 0 amide bonds. The van der Waals surface area contributed by atoms with Crippen LogP contribution in [0, 0.1) is 0 Å². The van der Waals surface area contributed by atoms with Crippen LogP contribution in [0.15, 0.2) is 54.7 Å². The third-order valence-electron chi connectivity index (χ3n) is 3.10. The Balaban J connectivity index is 1.92. The summed E-state index contributed by atoms with van der Waals surface area (Å²) in [6, 6.07) is 15.4. The standard InChI is InChI=1S/C17H19NO2/c1-17(2,12-11-14-8-4-3-5-9-14)20-16(19)15-10-6-7-13-18-15/h3-10,13H,11-12H2,1-2H3. The number of pyridine rings is 1. The molecule has 0 bridgehead atoms. The van der Waals surface area contributed by atoms with Crippen LogP contribution in [0.4, 0.5) is 0 Å². The van der Waals surface area contributed by atoms with E-state index in [2.05, 4.69) is 17.1 Å². The Bertz CT molecular complexity index is 550. The highest BCUT2D eigenvalue weighted by molar-refractivity contribution is 5.87. The molecule has 1 aromatic carbocycles. The third kappa shape index (κ3) is 4.19. The molecule has 0 aliphatic heterocycles. The lowest BCUT2D eigenvalue weighted by molar-refractivity contribution is -0.00496. The molecule has 0 fully saturated rings. The zero-order valence-electron chi connectivity index (χ0n) is 11.9. The first-order valence-electron chi connectivity index (χ1n) is 6.75. The van der Waals surface area contributed by atoms with Gasteiger partial charge in [0.05, 0.1) is 0 Å². The Morgan fingerprint density at radius 3 is 2.45 bits per heavy atom. The lowest BCUT2D eigenvalue weighted by Crippen LogP contribution is -2.29. The predicted octanol–water partition coefficient (Wildman–Crippen LogP) is 3.65. The Morgan fingerprint density at radius 2 is 1.80 bits per heavy atom. The molecule has 104 valence electrons. The molecule has 0 atom stereocenters. The van der Waals surface area contributed by atoms with E-state index in [4.69, 9.17) is 4.74 Å². The monoisotopic (exact) mass is 269 g/mol. The smallest absolute Gasteiger partial charge is 0.357 e. The van der Waals surface area contributed by atoms with Gasteiger partial charge >= 0.3 is 5.97 Å². The number of carbonyl (C=O) groups excluding carboxylic acids is 1. The molecule has 3 heteroatoms. The van der Waals surface area contributed by atoms with E-state index in [0.29, 0.717) is 5.69 Å². The largest absolute Gasteiger partial charge is 0.455 e. The SMILES string of the molecule is CC(C)(CCc1ccccc1)OC(=O)c1ccccn1. The highest BCUT2D eigenvalue weighted by Crippen LogP contribution is 2.19. The summed E-state index contributed by atoms with van der Waals surface area (Å²) in [5, 5.41) is 0. The van der Waals surface area contributed by atoms with Crippen molar-refractivity contribution >= 4 is 5.97 Å². The minimum Gasteiger partial charge on any atom is -0.455 e. The fourth-order valence-electron chi connectivity index (χ4n) is 1.93. The number of carbonyl (C=O) groups is 1. The van der Waals surface area contributed by atoms with Gasteiger partial charge in [-0.3, -0.25) is 0 Å². The second-order valence-corrected chi connectivity index (χ2v) is 5.35. The molecule has 0 saturated carbocycles. The second kappa shape index (κ2) is 6.33. The minimum absolute atomic E-state index is 0.347. The fourth-order valence-corrected chi connectivity index (χ4v) is 1.93. The molecule has 0 radical (unpaired) electrons. The van der Waals surface area contributed by atoms with Crippen molar-refractivity contribution in [3.05, 3.63) is 66.0 Å². The first-order valence-corrected chi connectivity index (χ1v) is 6.75. The molecule has 0 spiro atoms. The third-order valence-corrected chi connectivity index (χ3v) is 3.10. The van der Waals surface area contributed by atoms with Gasteiger partial charge in [0.25, 0.3) is 0 Å². The van der Waals surface area contributed by atoms with Crippen molar-refractivity contribution < 1.29 is 9.53 Å². The quantitative estimate of drug-likeness (QED) is 0.778. The number of aryl methyl sites for hydroxylation is 1. The van der Waals surface area contributed by atoms with Crippen molar-refractivity contribution in [2.45, 2.75) is 32.3 Å². The fraction of sp³-hybridized carbons (Fsp3) is 0.294. The average molecular weight is 269 g/mol. The molecule has 1 aromatic heterocycles. The Hall–Kier alpha value is -2.16. The van der Waals surface area contributed by atoms with Gasteiger partial charge in [-0.2, -0.15) is 0 Å². The van der Waals surface area contributed by atoms with Gasteiger partial charge in [-0.25, -0.2) is 9.78 Å². The van der Waals surface area contributed by atoms with Crippen LogP contribution in [0.25, 0.3) is 0 Å². The summed E-state index contributed by atoms with van der Waals surface area (Å²) in [4.78, 5) is 16.0. The van der Waals surface area contributed by atoms with Crippen LogP contribution in [0.5, 0.6) is 0 Å². The van der Waals surface area contributed by atoms with Crippen molar-refractivity contribution in [1.82, 2.24) is 4.98 Å². The Kier molecular flexibility index (Phi) is 4.51. The Morgan fingerprint density at radius 1 is 1.10 bits per heavy atom. The van der Waals surface area contributed by atoms with E-state index in [1.807, 2.05) is 32.0 Å². The van der Waals surface area contributed by atoms with E-state index in [0.717, 1.165) is 12.8 Å². The summed E-state index contributed by atoms with van der Waals surface area (Å²) in [6.45, 7) is 3.85. The van der Waals surface area contributed by atoms with Gasteiger partial charge in [0.1, 0.15) is 11.3 Å². The first-order chi connectivity index (χ1) is 9.57. The number of benzene rings is 1. The van der Waals surface area contributed by atoms with E-state index in [-0.39, 0.29) is 5.97 Å². The molecule has 3 nitrogen and oxygen atoms in total. The number of hydrogen-bond acceptors (Lipinski definition) is 3. The van der Waals surface area contributed by atoms with Gasteiger partial charge in [0.15, 0.2) is 0 Å². The lowest BCUT2D eigenvalue weighted by Gasteiger charge is -2.25. The van der Waals surface area contributed by atoms with Gasteiger partial charge in [0.2, 0.25) is 0 Å². The molecule has 2 aromatic rings. The molecule has 0 unspecified atom stereocenters. The van der Waals surface area contributed by atoms with Gasteiger partial charge in [0, 0.05) is 6.20 Å². The number of nitrogens with zero attached hydrogens (tertiary/aromatic N) is 1. The molecule has 0 saturated heterocycles. The average Bonchev–Trinajstić information content (AvgIpc) is 2.47. The number of ether oxygens (including phenoxy) is 1. The number of hydrogen-bond donors (Lipinski definition) is 0. The Labute approximate surface area is 119 Å². The summed E-state index contributed by atoms with van der Waals surface area (Å²) in [5.41, 5.74) is 1.08. The van der Waals surface area contributed by atoms with Gasteiger partial charge < -0.3 is 4.74 Å². The minimum atomic E-state index is -0.509. The number of esters is 1. The number of rotatable bonds is 5. The molecule has 0 aliphatic carbocycles. The van der Waals surface area contributed by atoms with E-state index >= 15 is 0 Å². The molecule has 20 heavy (non-hydrogen) atoms. The molecular weight excluding hydrogens is 250 g/mol. The predicted molar refractivity (Wildman–Crippen MR) is 78.5 cm³/mol. The van der Waals surface area contributed by atoms with Gasteiger partial charge in [-0.1, -0.05) is 36.4 Å². The van der Waals surface area contributed by atoms with Crippen LogP contribution in [0.3, 0.4) is 0 Å². The van der Waals surface area contributed by atoms with Gasteiger partial charge in [-0.05, 0) is 44.4 Å². The van der Waals surface area contributed by atoms with Crippen LogP contribution in [-0.2, 0) is 11.2 Å². The van der Waals surface area contributed by atoms with Crippen LogP contribution < -0.4 is 0 Å². The van der Waals surface area contributed by atoms with Crippen LogP contribution >= 0.6 is 0 Å². The van der Waals surface area contributed by atoms with E-state index < -0.39 is 5.60 Å². The zero-order chi connectivity index (χ0) is 14.4. The maximum atomic E-state index is 12.0. The van der Waals surface area contributed by atoms with Crippen molar-refractivity contribution in [3.63, 3.8) is 0 Å². The van der Waals surface area contributed by atoms with Crippen LogP contribution in [0.2, 0.25) is 0 Å². The van der Waals surface area contributed by atoms with E-state index in [1.54, 1.807) is 24.4 Å². The summed E-state index contributed by atoms with van der Waals surface area (Å²) in [5.74, 6) is -0.372. The summed E-state index contributed by atoms with van der Waals surface area (Å²) >= 11 is 0. The lowest BCUT2D eigenvalue weighted by atomic mass is 9.98. The normalized spacial score (nSPS) is 11.1. The topological polar surface area (TPSA) is 39.2 Å². The zero-order valence-corrected chi connectivity index (χ0v) is 11.9. The molecule has 0 aliphatic rings.